The van der Waals surface area contributed by atoms with Gasteiger partial charge in [-0.2, -0.15) is 0 Å². The number of hydrogen-bond donors (Lipinski definition) is 2. The SMILES string of the molecule is COc1cc(OC)c([C@H]2COc3c(ccc(O)c3O)C2)cc1OC. The zero-order chi connectivity index (χ0) is 17.3. The van der Waals surface area contributed by atoms with E-state index in [1.165, 1.54) is 6.07 Å². The fraction of sp³-hybridized carbons (Fsp3) is 0.333. The van der Waals surface area contributed by atoms with Crippen LogP contribution in [0.1, 0.15) is 17.0 Å². The summed E-state index contributed by atoms with van der Waals surface area (Å²) >= 11 is 0. The van der Waals surface area contributed by atoms with Crippen LogP contribution in [0, 0.1) is 0 Å². The lowest BCUT2D eigenvalue weighted by molar-refractivity contribution is 0.243. The first kappa shape index (κ1) is 16.1. The van der Waals surface area contributed by atoms with Gasteiger partial charge in [-0.3, -0.25) is 0 Å². The van der Waals surface area contributed by atoms with Gasteiger partial charge in [0, 0.05) is 17.5 Å². The first-order valence-corrected chi connectivity index (χ1v) is 7.55. The quantitative estimate of drug-likeness (QED) is 0.839. The van der Waals surface area contributed by atoms with Crippen molar-refractivity contribution in [1.29, 1.82) is 0 Å². The monoisotopic (exact) mass is 332 g/mol. The Morgan fingerprint density at radius 1 is 0.958 bits per heavy atom. The number of hydrogen-bond acceptors (Lipinski definition) is 6. The van der Waals surface area contributed by atoms with E-state index in [2.05, 4.69) is 0 Å². The van der Waals surface area contributed by atoms with Gasteiger partial charge in [0.25, 0.3) is 0 Å². The second kappa shape index (κ2) is 6.39. The van der Waals surface area contributed by atoms with Gasteiger partial charge < -0.3 is 29.2 Å². The molecule has 6 nitrogen and oxygen atoms in total. The topological polar surface area (TPSA) is 77.4 Å². The molecule has 1 aliphatic rings. The summed E-state index contributed by atoms with van der Waals surface area (Å²) in [7, 11) is 4.76. The molecule has 1 heterocycles. The normalized spacial score (nSPS) is 16.0. The van der Waals surface area contributed by atoms with Crippen LogP contribution in [0.25, 0.3) is 0 Å². The van der Waals surface area contributed by atoms with Gasteiger partial charge in [-0.25, -0.2) is 0 Å². The molecule has 6 heteroatoms. The molecule has 0 aromatic heterocycles. The van der Waals surface area contributed by atoms with Crippen LogP contribution in [0.5, 0.6) is 34.5 Å². The molecule has 1 atom stereocenters. The standard InChI is InChI=1S/C18H20O6/c1-21-14-8-16(23-3)15(22-2)7-12(14)11-6-10-4-5-13(19)17(20)18(10)24-9-11/h4-5,7-8,11,19-20H,6,9H2,1-3H3/t11-/m1/s1. The largest absolute Gasteiger partial charge is 0.504 e. The average molecular weight is 332 g/mol. The average Bonchev–Trinajstić information content (AvgIpc) is 2.63. The van der Waals surface area contributed by atoms with Crippen molar-refractivity contribution in [2.75, 3.05) is 27.9 Å². The Balaban J connectivity index is 1.99. The van der Waals surface area contributed by atoms with Gasteiger partial charge in [0.15, 0.2) is 23.0 Å². The minimum absolute atomic E-state index is 0.0243. The Kier molecular flexibility index (Phi) is 4.29. The Labute approximate surface area is 140 Å². The Morgan fingerprint density at radius 3 is 2.29 bits per heavy atom. The fourth-order valence-electron chi connectivity index (χ4n) is 3.00. The molecule has 2 aromatic carbocycles. The van der Waals surface area contributed by atoms with E-state index in [1.807, 2.05) is 6.07 Å². The zero-order valence-electron chi connectivity index (χ0n) is 13.8. The molecule has 0 spiro atoms. The molecule has 0 saturated heterocycles. The summed E-state index contributed by atoms with van der Waals surface area (Å²) in [6.45, 7) is 0.357. The minimum Gasteiger partial charge on any atom is -0.504 e. The van der Waals surface area contributed by atoms with E-state index in [9.17, 15) is 10.2 Å². The van der Waals surface area contributed by atoms with Gasteiger partial charge in [0.05, 0.1) is 27.9 Å². The van der Waals surface area contributed by atoms with Crippen molar-refractivity contribution >= 4 is 0 Å². The number of ether oxygens (including phenoxy) is 4. The van der Waals surface area contributed by atoms with Crippen molar-refractivity contribution in [2.24, 2.45) is 0 Å². The lowest BCUT2D eigenvalue weighted by atomic mass is 9.89. The van der Waals surface area contributed by atoms with Crippen molar-refractivity contribution in [3.63, 3.8) is 0 Å². The van der Waals surface area contributed by atoms with Crippen LogP contribution in [0.2, 0.25) is 0 Å². The Hall–Kier alpha value is -2.76. The highest BCUT2D eigenvalue weighted by atomic mass is 16.5. The Morgan fingerprint density at radius 2 is 1.62 bits per heavy atom. The number of phenolic OH excluding ortho intramolecular Hbond substituents is 2. The first-order valence-electron chi connectivity index (χ1n) is 7.55. The number of aromatic hydroxyl groups is 2. The summed E-state index contributed by atoms with van der Waals surface area (Å²) in [5.74, 6) is 1.86. The van der Waals surface area contributed by atoms with Crippen LogP contribution in [0.3, 0.4) is 0 Å². The molecule has 0 saturated carbocycles. The third-order valence-corrected chi connectivity index (χ3v) is 4.26. The molecule has 0 fully saturated rings. The fourth-order valence-corrected chi connectivity index (χ4v) is 3.00. The molecule has 2 aromatic rings. The smallest absolute Gasteiger partial charge is 0.200 e. The van der Waals surface area contributed by atoms with E-state index in [1.54, 1.807) is 33.5 Å². The Bertz CT molecular complexity index is 756. The van der Waals surface area contributed by atoms with Crippen molar-refractivity contribution < 1.29 is 29.2 Å². The first-order chi connectivity index (χ1) is 11.6. The van der Waals surface area contributed by atoms with E-state index in [4.69, 9.17) is 18.9 Å². The van der Waals surface area contributed by atoms with Crippen LogP contribution >= 0.6 is 0 Å². The number of fused-ring (bicyclic) bond motifs is 1. The van der Waals surface area contributed by atoms with E-state index in [-0.39, 0.29) is 17.4 Å². The van der Waals surface area contributed by atoms with Crippen LogP contribution in [-0.2, 0) is 6.42 Å². The van der Waals surface area contributed by atoms with Gasteiger partial charge in [-0.05, 0) is 24.1 Å². The van der Waals surface area contributed by atoms with Crippen LogP contribution in [-0.4, -0.2) is 38.1 Å². The second-order valence-corrected chi connectivity index (χ2v) is 5.58. The number of phenols is 2. The van der Waals surface area contributed by atoms with Crippen molar-refractivity contribution in [1.82, 2.24) is 0 Å². The van der Waals surface area contributed by atoms with Crippen LogP contribution < -0.4 is 18.9 Å². The number of methoxy groups -OCH3 is 3. The van der Waals surface area contributed by atoms with Gasteiger partial charge in [-0.1, -0.05) is 6.07 Å². The van der Waals surface area contributed by atoms with Gasteiger partial charge in [0.2, 0.25) is 5.75 Å². The minimum atomic E-state index is -0.217. The highest BCUT2D eigenvalue weighted by molar-refractivity contribution is 5.57. The zero-order valence-corrected chi connectivity index (χ0v) is 13.8. The van der Waals surface area contributed by atoms with Crippen molar-refractivity contribution in [2.45, 2.75) is 12.3 Å². The lowest BCUT2D eigenvalue weighted by Gasteiger charge is -2.28. The third kappa shape index (κ3) is 2.64. The molecule has 128 valence electrons. The molecule has 0 unspecified atom stereocenters. The third-order valence-electron chi connectivity index (χ3n) is 4.26. The summed E-state index contributed by atoms with van der Waals surface area (Å²) in [6, 6.07) is 6.89. The maximum atomic E-state index is 9.92. The predicted molar refractivity (Wildman–Crippen MR) is 87.8 cm³/mol. The van der Waals surface area contributed by atoms with Gasteiger partial charge >= 0.3 is 0 Å². The number of benzene rings is 2. The van der Waals surface area contributed by atoms with Gasteiger partial charge in [-0.15, -0.1) is 0 Å². The summed E-state index contributed by atoms with van der Waals surface area (Å²) in [5, 5.41) is 19.5. The summed E-state index contributed by atoms with van der Waals surface area (Å²) < 4.78 is 21.9. The maximum absolute atomic E-state index is 9.92. The molecule has 0 radical (unpaired) electrons. The van der Waals surface area contributed by atoms with Crippen molar-refractivity contribution in [3.8, 4) is 34.5 Å². The molecular formula is C18H20O6. The van der Waals surface area contributed by atoms with Crippen molar-refractivity contribution in [3.05, 3.63) is 35.4 Å². The molecule has 3 rings (SSSR count). The van der Waals surface area contributed by atoms with Crippen LogP contribution in [0.15, 0.2) is 24.3 Å². The van der Waals surface area contributed by atoms with E-state index in [0.29, 0.717) is 36.0 Å². The highest BCUT2D eigenvalue weighted by Crippen LogP contribution is 2.46. The summed E-state index contributed by atoms with van der Waals surface area (Å²) in [6.07, 6.45) is 0.648. The molecule has 0 aliphatic carbocycles. The predicted octanol–water partition coefficient (Wildman–Crippen LogP) is 2.84. The molecule has 1 aliphatic heterocycles. The molecule has 24 heavy (non-hydrogen) atoms. The maximum Gasteiger partial charge on any atom is 0.200 e. The van der Waals surface area contributed by atoms with E-state index in [0.717, 1.165) is 11.1 Å². The van der Waals surface area contributed by atoms with E-state index >= 15 is 0 Å². The van der Waals surface area contributed by atoms with Crippen LogP contribution in [0.4, 0.5) is 0 Å². The molecule has 2 N–H and O–H groups in total. The summed E-state index contributed by atoms with van der Waals surface area (Å²) in [4.78, 5) is 0. The summed E-state index contributed by atoms with van der Waals surface area (Å²) in [5.41, 5.74) is 1.77. The molecular weight excluding hydrogens is 312 g/mol. The highest BCUT2D eigenvalue weighted by Gasteiger charge is 2.28. The molecule has 0 bridgehead atoms. The molecule has 0 amide bonds. The van der Waals surface area contributed by atoms with E-state index < -0.39 is 0 Å². The number of rotatable bonds is 4. The lowest BCUT2D eigenvalue weighted by Crippen LogP contribution is -2.20. The second-order valence-electron chi connectivity index (χ2n) is 5.58. The van der Waals surface area contributed by atoms with Gasteiger partial charge in [0.1, 0.15) is 5.75 Å².